The summed E-state index contributed by atoms with van der Waals surface area (Å²) in [6.07, 6.45) is 1.91. The quantitative estimate of drug-likeness (QED) is 0.910. The lowest BCUT2D eigenvalue weighted by Crippen LogP contribution is -2.50. The van der Waals surface area contributed by atoms with Crippen LogP contribution >= 0.6 is 0 Å². The van der Waals surface area contributed by atoms with E-state index in [-0.39, 0.29) is 17.9 Å². The molecule has 1 aliphatic rings. The Morgan fingerprint density at radius 2 is 1.74 bits per heavy atom. The summed E-state index contributed by atoms with van der Waals surface area (Å²) in [5.74, 6) is -0.191. The third kappa shape index (κ3) is 3.97. The van der Waals surface area contributed by atoms with Gasteiger partial charge < -0.3 is 10.6 Å². The monoisotopic (exact) mass is 308 g/mol. The summed E-state index contributed by atoms with van der Waals surface area (Å²) in [6, 6.07) is 17.7. The van der Waals surface area contributed by atoms with E-state index in [1.807, 2.05) is 42.5 Å². The van der Waals surface area contributed by atoms with Gasteiger partial charge in [-0.1, -0.05) is 54.6 Å². The van der Waals surface area contributed by atoms with Gasteiger partial charge in [0.15, 0.2) is 0 Å². The van der Waals surface area contributed by atoms with Crippen LogP contribution < -0.4 is 10.6 Å². The highest BCUT2D eigenvalue weighted by atomic mass is 16.2. The van der Waals surface area contributed by atoms with Crippen LogP contribution in [0.2, 0.25) is 0 Å². The molecule has 0 saturated carbocycles. The topological polar surface area (TPSA) is 58.2 Å². The highest BCUT2D eigenvalue weighted by Crippen LogP contribution is 2.19. The molecule has 0 aliphatic carbocycles. The van der Waals surface area contributed by atoms with E-state index in [1.54, 1.807) is 0 Å². The summed E-state index contributed by atoms with van der Waals surface area (Å²) in [4.78, 5) is 23.7. The van der Waals surface area contributed by atoms with Crippen LogP contribution in [-0.2, 0) is 16.0 Å². The smallest absolute Gasteiger partial charge is 0.242 e. The Morgan fingerprint density at radius 3 is 2.43 bits per heavy atom. The molecular formula is C19H20N2O2. The number of piperidine rings is 1. The maximum absolute atomic E-state index is 12.1. The van der Waals surface area contributed by atoms with E-state index in [0.29, 0.717) is 19.4 Å². The van der Waals surface area contributed by atoms with E-state index < -0.39 is 0 Å². The van der Waals surface area contributed by atoms with E-state index in [9.17, 15) is 9.59 Å². The summed E-state index contributed by atoms with van der Waals surface area (Å²) >= 11 is 0. The Labute approximate surface area is 135 Å². The van der Waals surface area contributed by atoms with Crippen LogP contribution in [0.1, 0.15) is 18.4 Å². The number of hydrogen-bond acceptors (Lipinski definition) is 2. The van der Waals surface area contributed by atoms with Crippen LogP contribution in [0.4, 0.5) is 0 Å². The Hall–Kier alpha value is -2.62. The van der Waals surface area contributed by atoms with E-state index in [4.69, 9.17) is 0 Å². The fraction of sp³-hybridized carbons (Fsp3) is 0.263. The standard InChI is InChI=1S/C19H20N2O2/c22-18(21-17-7-4-12-20-19(17)23)13-14-8-10-16(11-9-14)15-5-2-1-3-6-15/h1-3,5-6,8-11,17H,4,7,12-13H2,(H,20,23)(H,21,22)/t17-/m1/s1. The molecule has 0 unspecified atom stereocenters. The minimum atomic E-state index is -0.389. The first-order valence-corrected chi connectivity index (χ1v) is 7.94. The molecule has 2 N–H and O–H groups in total. The second kappa shape index (κ2) is 7.09. The van der Waals surface area contributed by atoms with Gasteiger partial charge in [0.05, 0.1) is 6.42 Å². The number of benzene rings is 2. The van der Waals surface area contributed by atoms with Gasteiger partial charge in [-0.05, 0) is 29.5 Å². The molecular weight excluding hydrogens is 288 g/mol. The summed E-state index contributed by atoms with van der Waals surface area (Å²) in [6.45, 7) is 0.701. The molecule has 1 atom stereocenters. The zero-order valence-electron chi connectivity index (χ0n) is 12.9. The van der Waals surface area contributed by atoms with Gasteiger partial charge in [0.2, 0.25) is 11.8 Å². The Morgan fingerprint density at radius 1 is 1.04 bits per heavy atom. The van der Waals surface area contributed by atoms with Crippen molar-refractivity contribution in [2.75, 3.05) is 6.54 Å². The van der Waals surface area contributed by atoms with Crippen molar-refractivity contribution in [1.82, 2.24) is 10.6 Å². The minimum Gasteiger partial charge on any atom is -0.354 e. The lowest BCUT2D eigenvalue weighted by atomic mass is 10.0. The Balaban J connectivity index is 1.59. The van der Waals surface area contributed by atoms with Crippen LogP contribution in [0.5, 0.6) is 0 Å². The molecule has 23 heavy (non-hydrogen) atoms. The first kappa shape index (κ1) is 15.3. The summed E-state index contributed by atoms with van der Waals surface area (Å²) < 4.78 is 0. The summed E-state index contributed by atoms with van der Waals surface area (Å²) in [5, 5.41) is 5.59. The van der Waals surface area contributed by atoms with Gasteiger partial charge in [0.1, 0.15) is 6.04 Å². The van der Waals surface area contributed by atoms with Crippen molar-refractivity contribution in [2.24, 2.45) is 0 Å². The van der Waals surface area contributed by atoms with Crippen molar-refractivity contribution in [2.45, 2.75) is 25.3 Å². The molecule has 4 nitrogen and oxygen atoms in total. The third-order valence-corrected chi connectivity index (χ3v) is 4.05. The molecule has 1 heterocycles. The summed E-state index contributed by atoms with van der Waals surface area (Å²) in [5.41, 5.74) is 3.22. The highest BCUT2D eigenvalue weighted by Gasteiger charge is 2.23. The fourth-order valence-electron chi connectivity index (χ4n) is 2.79. The van der Waals surface area contributed by atoms with Crippen molar-refractivity contribution < 1.29 is 9.59 Å². The number of carbonyl (C=O) groups excluding carboxylic acids is 2. The Kier molecular flexibility index (Phi) is 4.71. The van der Waals surface area contributed by atoms with Gasteiger partial charge in [0, 0.05) is 6.54 Å². The fourth-order valence-corrected chi connectivity index (χ4v) is 2.79. The molecule has 118 valence electrons. The van der Waals surface area contributed by atoms with Crippen molar-refractivity contribution in [1.29, 1.82) is 0 Å². The molecule has 2 aromatic rings. The number of nitrogens with one attached hydrogen (secondary N) is 2. The highest BCUT2D eigenvalue weighted by molar-refractivity contribution is 5.88. The predicted octanol–water partition coefficient (Wildman–Crippen LogP) is 2.29. The number of amides is 2. The molecule has 0 spiro atoms. The minimum absolute atomic E-state index is 0.0796. The largest absolute Gasteiger partial charge is 0.354 e. The molecule has 0 radical (unpaired) electrons. The zero-order chi connectivity index (χ0) is 16.1. The molecule has 0 aromatic heterocycles. The second-order valence-electron chi connectivity index (χ2n) is 5.79. The van der Waals surface area contributed by atoms with Gasteiger partial charge in [-0.15, -0.1) is 0 Å². The molecule has 0 bridgehead atoms. The maximum atomic E-state index is 12.1. The summed E-state index contributed by atoms with van der Waals surface area (Å²) in [7, 11) is 0. The SMILES string of the molecule is O=C(Cc1ccc(-c2ccccc2)cc1)N[C@@H]1CCCNC1=O. The average molecular weight is 308 g/mol. The second-order valence-corrected chi connectivity index (χ2v) is 5.79. The maximum Gasteiger partial charge on any atom is 0.242 e. The van der Waals surface area contributed by atoms with Gasteiger partial charge in [0.25, 0.3) is 0 Å². The normalized spacial score (nSPS) is 17.4. The van der Waals surface area contributed by atoms with Crippen molar-refractivity contribution in [3.8, 4) is 11.1 Å². The first-order chi connectivity index (χ1) is 11.2. The third-order valence-electron chi connectivity index (χ3n) is 4.05. The van der Waals surface area contributed by atoms with Crippen molar-refractivity contribution in [3.63, 3.8) is 0 Å². The van der Waals surface area contributed by atoms with Crippen LogP contribution in [-0.4, -0.2) is 24.4 Å². The number of carbonyl (C=O) groups is 2. The lowest BCUT2D eigenvalue weighted by Gasteiger charge is -2.22. The van der Waals surface area contributed by atoms with Gasteiger partial charge in [-0.3, -0.25) is 9.59 Å². The molecule has 1 aliphatic heterocycles. The zero-order valence-corrected chi connectivity index (χ0v) is 12.9. The van der Waals surface area contributed by atoms with E-state index in [1.165, 1.54) is 0 Å². The van der Waals surface area contributed by atoms with E-state index in [0.717, 1.165) is 23.1 Å². The molecule has 1 fully saturated rings. The molecule has 3 rings (SSSR count). The molecule has 1 saturated heterocycles. The van der Waals surface area contributed by atoms with E-state index in [2.05, 4.69) is 22.8 Å². The van der Waals surface area contributed by atoms with Crippen molar-refractivity contribution >= 4 is 11.8 Å². The molecule has 2 amide bonds. The van der Waals surface area contributed by atoms with Crippen LogP contribution in [0, 0.1) is 0 Å². The van der Waals surface area contributed by atoms with E-state index >= 15 is 0 Å². The van der Waals surface area contributed by atoms with Crippen molar-refractivity contribution in [3.05, 3.63) is 60.2 Å². The number of hydrogen-bond donors (Lipinski definition) is 2. The lowest BCUT2D eigenvalue weighted by molar-refractivity contribution is -0.129. The predicted molar refractivity (Wildman–Crippen MR) is 89.8 cm³/mol. The average Bonchev–Trinajstić information content (AvgIpc) is 2.58. The van der Waals surface area contributed by atoms with Gasteiger partial charge >= 0.3 is 0 Å². The Bertz CT molecular complexity index is 680. The van der Waals surface area contributed by atoms with Gasteiger partial charge in [-0.25, -0.2) is 0 Å². The molecule has 4 heteroatoms. The van der Waals surface area contributed by atoms with Crippen LogP contribution in [0.3, 0.4) is 0 Å². The van der Waals surface area contributed by atoms with Crippen LogP contribution in [0.15, 0.2) is 54.6 Å². The van der Waals surface area contributed by atoms with Gasteiger partial charge in [-0.2, -0.15) is 0 Å². The number of rotatable bonds is 4. The first-order valence-electron chi connectivity index (χ1n) is 7.94. The van der Waals surface area contributed by atoms with Crippen LogP contribution in [0.25, 0.3) is 11.1 Å². The molecule has 2 aromatic carbocycles.